The van der Waals surface area contributed by atoms with Crippen molar-refractivity contribution in [2.24, 2.45) is 0 Å². The van der Waals surface area contributed by atoms with Gasteiger partial charge in [-0.15, -0.1) is 0 Å². The number of benzene rings is 3. The van der Waals surface area contributed by atoms with Crippen LogP contribution in [0.4, 0.5) is 21.9 Å². The van der Waals surface area contributed by atoms with Gasteiger partial charge >= 0.3 is 6.09 Å². The number of ether oxygens (including phenoxy) is 1. The Hall–Kier alpha value is -4.39. The van der Waals surface area contributed by atoms with Crippen molar-refractivity contribution in [1.29, 1.82) is 0 Å². The highest BCUT2D eigenvalue weighted by Gasteiger charge is 2.16. The van der Waals surface area contributed by atoms with Crippen LogP contribution in [-0.2, 0) is 4.74 Å². The van der Waals surface area contributed by atoms with Crippen molar-refractivity contribution in [3.63, 3.8) is 0 Å². The van der Waals surface area contributed by atoms with Gasteiger partial charge in [0, 0.05) is 16.8 Å². The Morgan fingerprint density at radius 3 is 2.24 bits per heavy atom. The van der Waals surface area contributed by atoms with E-state index in [4.69, 9.17) is 10.5 Å². The van der Waals surface area contributed by atoms with Crippen molar-refractivity contribution in [3.05, 3.63) is 95.6 Å². The number of allylic oxidation sites excluding steroid dienone is 1. The predicted octanol–water partition coefficient (Wildman–Crippen LogP) is 5.76. The van der Waals surface area contributed by atoms with Gasteiger partial charge in [0.2, 0.25) is 0 Å². The molecule has 3 aromatic rings. The number of hydrogen-bond acceptors (Lipinski definition) is 5. The number of nitrogens with two attached hydrogens (primary N) is 1. The lowest BCUT2D eigenvalue weighted by Crippen LogP contribution is -2.27. The van der Waals surface area contributed by atoms with Crippen LogP contribution in [-0.4, -0.2) is 23.4 Å². The molecule has 0 unspecified atom stereocenters. The van der Waals surface area contributed by atoms with E-state index in [1.807, 2.05) is 0 Å². The first-order valence-electron chi connectivity index (χ1n) is 10.7. The van der Waals surface area contributed by atoms with Gasteiger partial charge in [0.1, 0.15) is 5.60 Å². The minimum Gasteiger partial charge on any atom is -0.444 e. The van der Waals surface area contributed by atoms with Gasteiger partial charge < -0.3 is 15.8 Å². The van der Waals surface area contributed by atoms with Crippen LogP contribution in [0.1, 0.15) is 47.1 Å². The highest BCUT2D eigenvalue weighted by Crippen LogP contribution is 2.19. The van der Waals surface area contributed by atoms with Crippen LogP contribution in [0.3, 0.4) is 0 Å². The van der Waals surface area contributed by atoms with Gasteiger partial charge in [0.15, 0.2) is 5.78 Å². The Morgan fingerprint density at radius 2 is 1.56 bits per heavy atom. The highest BCUT2D eigenvalue weighted by atomic mass is 16.6. The van der Waals surface area contributed by atoms with Gasteiger partial charge in [-0.05, 0) is 68.8 Å². The van der Waals surface area contributed by atoms with E-state index in [0.29, 0.717) is 28.2 Å². The van der Waals surface area contributed by atoms with Crippen LogP contribution in [0.2, 0.25) is 0 Å². The number of nitrogen functional groups attached to an aromatic ring is 1. The normalized spacial score (nSPS) is 11.1. The lowest BCUT2D eigenvalue weighted by Gasteiger charge is -2.19. The molecule has 0 fully saturated rings. The van der Waals surface area contributed by atoms with E-state index in [1.54, 1.807) is 99.6 Å². The maximum Gasteiger partial charge on any atom is 0.412 e. The number of anilines is 3. The van der Waals surface area contributed by atoms with E-state index in [-0.39, 0.29) is 11.7 Å². The van der Waals surface area contributed by atoms with Crippen LogP contribution >= 0.6 is 0 Å². The Morgan fingerprint density at radius 1 is 0.853 bits per heavy atom. The third-order valence-corrected chi connectivity index (χ3v) is 4.60. The Balaban J connectivity index is 1.62. The summed E-state index contributed by atoms with van der Waals surface area (Å²) in [6.45, 7) is 5.32. The fourth-order valence-electron chi connectivity index (χ4n) is 2.99. The summed E-state index contributed by atoms with van der Waals surface area (Å²) < 4.78 is 5.23. The summed E-state index contributed by atoms with van der Waals surface area (Å²) in [5, 5.41) is 5.40. The molecule has 0 heterocycles. The molecule has 0 saturated heterocycles. The smallest absolute Gasteiger partial charge is 0.412 e. The third kappa shape index (κ3) is 7.06. The number of rotatable bonds is 6. The summed E-state index contributed by atoms with van der Waals surface area (Å²) in [7, 11) is 0. The van der Waals surface area contributed by atoms with E-state index < -0.39 is 11.7 Å². The largest absolute Gasteiger partial charge is 0.444 e. The van der Waals surface area contributed by atoms with E-state index in [2.05, 4.69) is 10.6 Å². The van der Waals surface area contributed by atoms with Crippen molar-refractivity contribution in [2.45, 2.75) is 26.4 Å². The maximum atomic E-state index is 12.6. The number of para-hydroxylation sites is 2. The first-order valence-corrected chi connectivity index (χ1v) is 10.7. The second-order valence-corrected chi connectivity index (χ2v) is 8.57. The molecular weight excluding hydrogens is 430 g/mol. The van der Waals surface area contributed by atoms with Crippen LogP contribution in [0.25, 0.3) is 6.08 Å². The zero-order chi connectivity index (χ0) is 24.7. The van der Waals surface area contributed by atoms with Crippen molar-refractivity contribution in [3.8, 4) is 0 Å². The topological polar surface area (TPSA) is 111 Å². The molecule has 0 bridgehead atoms. The molecule has 3 rings (SSSR count). The standard InChI is InChI=1S/C27H27N3O4/c1-27(2,3)34-26(33)29-21-8-6-7-20(17-21)24(31)16-13-18-11-14-19(15-12-18)25(32)30-23-10-5-4-9-22(23)28/h4-17H,28H2,1-3H3,(H,29,33)(H,30,32)/b16-13+. The van der Waals surface area contributed by atoms with Crippen molar-refractivity contribution in [1.82, 2.24) is 0 Å². The molecule has 7 nitrogen and oxygen atoms in total. The monoisotopic (exact) mass is 457 g/mol. The van der Waals surface area contributed by atoms with Crippen molar-refractivity contribution < 1.29 is 19.1 Å². The molecule has 0 aliphatic rings. The number of amides is 2. The molecule has 0 aliphatic carbocycles. The summed E-state index contributed by atoms with van der Waals surface area (Å²) in [6.07, 6.45) is 2.51. The minimum absolute atomic E-state index is 0.228. The minimum atomic E-state index is -0.620. The van der Waals surface area contributed by atoms with Gasteiger partial charge in [-0.25, -0.2) is 4.79 Å². The highest BCUT2D eigenvalue weighted by molar-refractivity contribution is 6.08. The summed E-state index contributed by atoms with van der Waals surface area (Å²) in [5.74, 6) is -0.506. The lowest BCUT2D eigenvalue weighted by atomic mass is 10.1. The number of carbonyl (C=O) groups excluding carboxylic acids is 3. The molecule has 0 atom stereocenters. The van der Waals surface area contributed by atoms with Gasteiger partial charge in [0.25, 0.3) is 5.91 Å². The molecule has 4 N–H and O–H groups in total. The molecule has 0 radical (unpaired) electrons. The fourth-order valence-corrected chi connectivity index (χ4v) is 2.99. The average Bonchev–Trinajstić information content (AvgIpc) is 2.78. The first kappa shape index (κ1) is 24.3. The zero-order valence-corrected chi connectivity index (χ0v) is 19.3. The molecule has 3 aromatic carbocycles. The summed E-state index contributed by atoms with van der Waals surface area (Å²) in [6, 6.07) is 20.5. The van der Waals surface area contributed by atoms with Crippen LogP contribution in [0, 0.1) is 0 Å². The third-order valence-electron chi connectivity index (χ3n) is 4.60. The van der Waals surface area contributed by atoms with E-state index in [1.165, 1.54) is 6.08 Å². The predicted molar refractivity (Wildman–Crippen MR) is 135 cm³/mol. The number of nitrogens with one attached hydrogen (secondary N) is 2. The van der Waals surface area contributed by atoms with Gasteiger partial charge in [-0.2, -0.15) is 0 Å². The second-order valence-electron chi connectivity index (χ2n) is 8.57. The van der Waals surface area contributed by atoms with Crippen LogP contribution in [0.15, 0.2) is 78.9 Å². The molecule has 2 amide bonds. The van der Waals surface area contributed by atoms with Crippen molar-refractivity contribution in [2.75, 3.05) is 16.4 Å². The SMILES string of the molecule is CC(C)(C)OC(=O)Nc1cccc(C(=O)/C=C/c2ccc(C(=O)Nc3ccccc3N)cc2)c1. The molecule has 174 valence electrons. The van der Waals surface area contributed by atoms with E-state index in [9.17, 15) is 14.4 Å². The maximum absolute atomic E-state index is 12.6. The molecule has 0 saturated carbocycles. The molecule has 34 heavy (non-hydrogen) atoms. The molecule has 7 heteroatoms. The number of hydrogen-bond donors (Lipinski definition) is 3. The Kier molecular flexibility index (Phi) is 7.48. The first-order chi connectivity index (χ1) is 16.1. The molecule has 0 aliphatic heterocycles. The lowest BCUT2D eigenvalue weighted by molar-refractivity contribution is 0.0635. The number of carbonyl (C=O) groups is 3. The molecule has 0 aromatic heterocycles. The molecular formula is C27H27N3O4. The summed E-state index contributed by atoms with van der Waals surface area (Å²) >= 11 is 0. The van der Waals surface area contributed by atoms with Crippen molar-refractivity contribution >= 4 is 40.9 Å². The van der Waals surface area contributed by atoms with Gasteiger partial charge in [-0.1, -0.05) is 42.5 Å². The number of ketones is 1. The van der Waals surface area contributed by atoms with Crippen LogP contribution < -0.4 is 16.4 Å². The molecule has 0 spiro atoms. The Bertz CT molecular complexity index is 1230. The average molecular weight is 458 g/mol. The van der Waals surface area contributed by atoms with E-state index in [0.717, 1.165) is 5.56 Å². The van der Waals surface area contributed by atoms with E-state index >= 15 is 0 Å². The second kappa shape index (κ2) is 10.5. The van der Waals surface area contributed by atoms with Gasteiger partial charge in [-0.3, -0.25) is 14.9 Å². The zero-order valence-electron chi connectivity index (χ0n) is 19.3. The summed E-state index contributed by atoms with van der Waals surface area (Å²) in [5.41, 5.74) is 8.37. The van der Waals surface area contributed by atoms with Gasteiger partial charge in [0.05, 0.1) is 11.4 Å². The van der Waals surface area contributed by atoms with Crippen LogP contribution in [0.5, 0.6) is 0 Å². The summed E-state index contributed by atoms with van der Waals surface area (Å²) in [4.78, 5) is 37.0. The fraction of sp³-hybridized carbons (Fsp3) is 0.148. The Labute approximate surface area is 198 Å². The quantitative estimate of drug-likeness (QED) is 0.247.